The van der Waals surface area contributed by atoms with Gasteiger partial charge in [0.25, 0.3) is 11.2 Å². The van der Waals surface area contributed by atoms with Gasteiger partial charge in [-0.15, -0.1) is 0 Å². The molecule has 0 bridgehead atoms. The Labute approximate surface area is 190 Å². The number of non-ortho nitro benzene ring substituents is 1. The maximum Gasteiger partial charge on any atom is 0.338 e. The molecule has 0 saturated carbocycles. The van der Waals surface area contributed by atoms with Crippen LogP contribution < -0.4 is 14.9 Å². The zero-order chi connectivity index (χ0) is 23.0. The maximum absolute atomic E-state index is 13.4. The van der Waals surface area contributed by atoms with Crippen LogP contribution in [0.25, 0.3) is 6.08 Å². The first-order valence-electron chi connectivity index (χ1n) is 9.41. The Balaban J connectivity index is 1.92. The zero-order valence-corrected chi connectivity index (χ0v) is 18.5. The number of carbonyl (C=O) groups excluding carboxylic acids is 1. The number of allylic oxidation sites excluding steroid dienone is 1. The molecule has 1 atom stereocenters. The monoisotopic (exact) mass is 469 g/mol. The molecule has 3 aromatic rings. The lowest BCUT2D eigenvalue weighted by Gasteiger charge is -2.24. The summed E-state index contributed by atoms with van der Waals surface area (Å²) in [5.74, 6) is -0.573. The van der Waals surface area contributed by atoms with Crippen molar-refractivity contribution in [2.45, 2.75) is 13.0 Å². The normalized spacial score (nSPS) is 15.8. The predicted molar refractivity (Wildman–Crippen MR) is 120 cm³/mol. The molecule has 10 heteroatoms. The van der Waals surface area contributed by atoms with Gasteiger partial charge in [0.2, 0.25) is 0 Å². The molecular weight excluding hydrogens is 454 g/mol. The number of thiazole rings is 1. The van der Waals surface area contributed by atoms with Crippen LogP contribution in [0.15, 0.2) is 69.6 Å². The van der Waals surface area contributed by atoms with Crippen LogP contribution in [0.3, 0.4) is 0 Å². The number of hydrogen-bond donors (Lipinski definition) is 0. The number of ether oxygens (including phenoxy) is 1. The number of rotatable bonds is 4. The minimum absolute atomic E-state index is 0.0373. The molecule has 1 aromatic heterocycles. The van der Waals surface area contributed by atoms with Gasteiger partial charge in [0, 0.05) is 17.2 Å². The number of aromatic nitrogens is 1. The van der Waals surface area contributed by atoms with E-state index in [1.54, 1.807) is 49.4 Å². The summed E-state index contributed by atoms with van der Waals surface area (Å²) in [5, 5.41) is 11.4. The molecule has 0 fully saturated rings. The number of benzene rings is 2. The first kappa shape index (κ1) is 21.7. The smallest absolute Gasteiger partial charge is 0.338 e. The van der Waals surface area contributed by atoms with Crippen molar-refractivity contribution in [3.05, 3.63) is 106 Å². The molecule has 0 saturated heterocycles. The van der Waals surface area contributed by atoms with Crippen molar-refractivity contribution >= 4 is 40.7 Å². The number of nitrogens with zero attached hydrogens (tertiary/aromatic N) is 3. The van der Waals surface area contributed by atoms with Gasteiger partial charge in [0.1, 0.15) is 0 Å². The third-order valence-corrected chi connectivity index (χ3v) is 6.25. The van der Waals surface area contributed by atoms with E-state index in [4.69, 9.17) is 16.3 Å². The van der Waals surface area contributed by atoms with E-state index in [-0.39, 0.29) is 16.8 Å². The third-order valence-electron chi connectivity index (χ3n) is 5.01. The minimum Gasteiger partial charge on any atom is -0.466 e. The third kappa shape index (κ3) is 3.88. The molecule has 0 radical (unpaired) electrons. The van der Waals surface area contributed by atoms with Crippen LogP contribution in [-0.4, -0.2) is 22.6 Å². The standard InChI is InChI=1S/C22H16ClN3O5S/c1-12-18(21(28)31-2)19(14-5-7-15(23)8-6-14)25-20(27)17(32-22(25)24-12)11-13-3-9-16(10-4-13)26(29)30/h3-11,19H,1-2H3/b17-11-. The molecule has 0 aliphatic carbocycles. The van der Waals surface area contributed by atoms with Crippen molar-refractivity contribution in [2.75, 3.05) is 7.11 Å². The van der Waals surface area contributed by atoms with Crippen LogP contribution in [0.5, 0.6) is 0 Å². The fourth-order valence-corrected chi connectivity index (χ4v) is 4.67. The molecule has 2 aromatic carbocycles. The first-order valence-corrected chi connectivity index (χ1v) is 10.6. The summed E-state index contributed by atoms with van der Waals surface area (Å²) in [6, 6.07) is 12.0. The van der Waals surface area contributed by atoms with Gasteiger partial charge in [-0.3, -0.25) is 19.5 Å². The van der Waals surface area contributed by atoms with Gasteiger partial charge in [-0.2, -0.15) is 0 Å². The van der Waals surface area contributed by atoms with Crippen molar-refractivity contribution in [1.29, 1.82) is 0 Å². The van der Waals surface area contributed by atoms with Crippen molar-refractivity contribution in [3.63, 3.8) is 0 Å². The van der Waals surface area contributed by atoms with Gasteiger partial charge in [-0.25, -0.2) is 9.79 Å². The van der Waals surface area contributed by atoms with Gasteiger partial charge in [0.05, 0.1) is 33.9 Å². The van der Waals surface area contributed by atoms with Crippen LogP contribution in [0.4, 0.5) is 5.69 Å². The molecule has 1 aliphatic heterocycles. The highest BCUT2D eigenvalue weighted by Crippen LogP contribution is 2.31. The van der Waals surface area contributed by atoms with Crippen LogP contribution in [-0.2, 0) is 9.53 Å². The summed E-state index contributed by atoms with van der Waals surface area (Å²) in [4.78, 5) is 41.3. The number of esters is 1. The fraction of sp³-hybridized carbons (Fsp3) is 0.136. The number of halogens is 1. The second-order valence-electron chi connectivity index (χ2n) is 6.97. The lowest BCUT2D eigenvalue weighted by molar-refractivity contribution is -0.384. The molecular formula is C22H16ClN3O5S. The zero-order valence-electron chi connectivity index (χ0n) is 16.9. The Kier molecular flexibility index (Phi) is 5.77. The number of carbonyl (C=O) groups is 1. The van der Waals surface area contributed by atoms with E-state index in [9.17, 15) is 19.7 Å². The molecule has 1 unspecified atom stereocenters. The summed E-state index contributed by atoms with van der Waals surface area (Å²) in [7, 11) is 1.28. The summed E-state index contributed by atoms with van der Waals surface area (Å²) in [5.41, 5.74) is 1.68. The van der Waals surface area contributed by atoms with E-state index >= 15 is 0 Å². The highest BCUT2D eigenvalue weighted by atomic mass is 35.5. The van der Waals surface area contributed by atoms with E-state index in [1.165, 1.54) is 35.1 Å². The maximum atomic E-state index is 13.4. The van der Waals surface area contributed by atoms with Gasteiger partial charge in [0.15, 0.2) is 4.80 Å². The van der Waals surface area contributed by atoms with E-state index in [0.717, 1.165) is 0 Å². The van der Waals surface area contributed by atoms with Crippen molar-refractivity contribution in [3.8, 4) is 0 Å². The molecule has 1 aliphatic rings. The SMILES string of the molecule is COC(=O)C1=C(C)N=c2s/c(=C\c3ccc([N+](=O)[O-])cc3)c(=O)n2C1c1ccc(Cl)cc1. The summed E-state index contributed by atoms with van der Waals surface area (Å²) in [6.45, 7) is 1.70. The van der Waals surface area contributed by atoms with Crippen molar-refractivity contribution in [1.82, 2.24) is 4.57 Å². The number of fused-ring (bicyclic) bond motifs is 1. The fourth-order valence-electron chi connectivity index (χ4n) is 3.50. The molecule has 32 heavy (non-hydrogen) atoms. The Hall–Kier alpha value is -3.56. The number of methoxy groups -OCH3 is 1. The van der Waals surface area contributed by atoms with Gasteiger partial charge in [-0.05, 0) is 48.4 Å². The lowest BCUT2D eigenvalue weighted by atomic mass is 9.96. The van der Waals surface area contributed by atoms with Crippen LogP contribution in [0.2, 0.25) is 5.02 Å². The molecule has 0 N–H and O–H groups in total. The number of nitro benzene ring substituents is 1. The van der Waals surface area contributed by atoms with E-state index < -0.39 is 16.9 Å². The van der Waals surface area contributed by atoms with Gasteiger partial charge >= 0.3 is 5.97 Å². The van der Waals surface area contributed by atoms with Crippen molar-refractivity contribution < 1.29 is 14.5 Å². The van der Waals surface area contributed by atoms with E-state index in [0.29, 0.717) is 31.2 Å². The molecule has 0 amide bonds. The summed E-state index contributed by atoms with van der Waals surface area (Å²) >= 11 is 7.20. The Morgan fingerprint density at radius 3 is 2.47 bits per heavy atom. The van der Waals surface area contributed by atoms with E-state index in [1.807, 2.05) is 0 Å². The Bertz CT molecular complexity index is 1440. The minimum atomic E-state index is -0.727. The molecule has 0 spiro atoms. The lowest BCUT2D eigenvalue weighted by Crippen LogP contribution is -2.39. The molecule has 8 nitrogen and oxygen atoms in total. The number of hydrogen-bond acceptors (Lipinski definition) is 7. The molecule has 2 heterocycles. The molecule has 162 valence electrons. The Morgan fingerprint density at radius 1 is 1.22 bits per heavy atom. The average molecular weight is 470 g/mol. The van der Waals surface area contributed by atoms with Gasteiger partial charge in [-0.1, -0.05) is 35.1 Å². The molecule has 4 rings (SSSR count). The van der Waals surface area contributed by atoms with Crippen molar-refractivity contribution in [2.24, 2.45) is 4.99 Å². The summed E-state index contributed by atoms with van der Waals surface area (Å²) < 4.78 is 6.81. The second-order valence-corrected chi connectivity index (χ2v) is 8.42. The Morgan fingerprint density at radius 2 is 1.88 bits per heavy atom. The average Bonchev–Trinajstić information content (AvgIpc) is 3.08. The highest BCUT2D eigenvalue weighted by molar-refractivity contribution is 7.07. The van der Waals surface area contributed by atoms with Crippen LogP contribution in [0.1, 0.15) is 24.1 Å². The largest absolute Gasteiger partial charge is 0.466 e. The second kappa shape index (κ2) is 8.52. The van der Waals surface area contributed by atoms with E-state index in [2.05, 4.69) is 4.99 Å². The summed E-state index contributed by atoms with van der Waals surface area (Å²) in [6.07, 6.45) is 1.64. The first-order chi connectivity index (χ1) is 15.3. The topological polar surface area (TPSA) is 104 Å². The quantitative estimate of drug-likeness (QED) is 0.332. The van der Waals surface area contributed by atoms with Gasteiger partial charge < -0.3 is 4.74 Å². The highest BCUT2D eigenvalue weighted by Gasteiger charge is 2.33. The number of nitro groups is 1. The van der Waals surface area contributed by atoms with Crippen LogP contribution >= 0.6 is 22.9 Å². The predicted octanol–water partition coefficient (Wildman–Crippen LogP) is 2.97. The van der Waals surface area contributed by atoms with Crippen LogP contribution in [0, 0.1) is 10.1 Å².